The Morgan fingerprint density at radius 3 is 2.62 bits per heavy atom. The molecule has 5 nitrogen and oxygen atoms in total. The van der Waals surface area contributed by atoms with Gasteiger partial charge in [-0.25, -0.2) is 4.98 Å². The Morgan fingerprint density at radius 1 is 1.23 bits per heavy atom. The molecular formula is C20H26ClN3O2. The fourth-order valence-electron chi connectivity index (χ4n) is 3.68. The maximum atomic E-state index is 12.6. The standard InChI is InChI=1S/C20H25N3O2.ClH/c1-20(21)11-3-2-4-16(20)18(24)23-15-9-7-13(8-10-15)17-12-22-19(25-17)14-5-6-14;/h7-10,12,14,16H,2-6,11,21H2,1H3,(H,23,24);1H. The van der Waals surface area contributed by atoms with Crippen molar-refractivity contribution in [1.29, 1.82) is 0 Å². The maximum Gasteiger partial charge on any atom is 0.229 e. The summed E-state index contributed by atoms with van der Waals surface area (Å²) in [7, 11) is 0. The summed E-state index contributed by atoms with van der Waals surface area (Å²) in [5.41, 5.74) is 7.67. The molecule has 2 aromatic rings. The number of rotatable bonds is 4. The molecule has 6 heteroatoms. The van der Waals surface area contributed by atoms with Gasteiger partial charge < -0.3 is 15.5 Å². The molecule has 0 bridgehead atoms. The first-order valence-electron chi connectivity index (χ1n) is 9.19. The van der Waals surface area contributed by atoms with E-state index in [-0.39, 0.29) is 24.2 Å². The summed E-state index contributed by atoms with van der Waals surface area (Å²) in [6.07, 6.45) is 8.06. The fourth-order valence-corrected chi connectivity index (χ4v) is 3.68. The van der Waals surface area contributed by atoms with Crippen LogP contribution in [-0.2, 0) is 4.79 Å². The first-order chi connectivity index (χ1) is 12.0. The molecule has 140 valence electrons. The third kappa shape index (κ3) is 3.94. The van der Waals surface area contributed by atoms with Crippen molar-refractivity contribution in [3.05, 3.63) is 36.4 Å². The van der Waals surface area contributed by atoms with E-state index in [4.69, 9.17) is 10.2 Å². The van der Waals surface area contributed by atoms with Gasteiger partial charge in [0.25, 0.3) is 0 Å². The number of carbonyl (C=O) groups is 1. The van der Waals surface area contributed by atoms with Crippen molar-refractivity contribution in [2.45, 2.75) is 56.9 Å². The van der Waals surface area contributed by atoms with Crippen LogP contribution < -0.4 is 11.1 Å². The first-order valence-corrected chi connectivity index (χ1v) is 9.19. The monoisotopic (exact) mass is 375 g/mol. The summed E-state index contributed by atoms with van der Waals surface area (Å²) in [5.74, 6) is 2.02. The Bertz CT molecular complexity index is 766. The van der Waals surface area contributed by atoms with Crippen LogP contribution in [0, 0.1) is 5.92 Å². The predicted octanol–water partition coefficient (Wildman–Crippen LogP) is 4.49. The third-order valence-electron chi connectivity index (χ3n) is 5.46. The van der Waals surface area contributed by atoms with E-state index in [0.717, 1.165) is 48.6 Å². The number of nitrogens with one attached hydrogen (secondary N) is 1. The first kappa shape index (κ1) is 18.9. The summed E-state index contributed by atoms with van der Waals surface area (Å²) in [6.45, 7) is 1.99. The van der Waals surface area contributed by atoms with Crippen LogP contribution in [0.25, 0.3) is 11.3 Å². The average molecular weight is 376 g/mol. The Labute approximate surface area is 160 Å². The minimum absolute atomic E-state index is 0. The number of nitrogens with zero attached hydrogens (tertiary/aromatic N) is 1. The highest BCUT2D eigenvalue weighted by atomic mass is 35.5. The highest BCUT2D eigenvalue weighted by Gasteiger charge is 2.37. The Morgan fingerprint density at radius 2 is 1.96 bits per heavy atom. The number of amides is 1. The van der Waals surface area contributed by atoms with Gasteiger partial charge >= 0.3 is 0 Å². The summed E-state index contributed by atoms with van der Waals surface area (Å²) in [4.78, 5) is 17.0. The van der Waals surface area contributed by atoms with E-state index in [0.29, 0.717) is 5.92 Å². The summed E-state index contributed by atoms with van der Waals surface area (Å²) in [6, 6.07) is 7.72. The zero-order valence-corrected chi connectivity index (χ0v) is 15.8. The summed E-state index contributed by atoms with van der Waals surface area (Å²) < 4.78 is 5.82. The molecule has 0 spiro atoms. The molecule has 26 heavy (non-hydrogen) atoms. The molecule has 4 rings (SSSR count). The minimum Gasteiger partial charge on any atom is -0.440 e. The van der Waals surface area contributed by atoms with E-state index >= 15 is 0 Å². The second-order valence-corrected chi connectivity index (χ2v) is 7.71. The molecule has 2 saturated carbocycles. The van der Waals surface area contributed by atoms with E-state index in [9.17, 15) is 4.79 Å². The lowest BCUT2D eigenvalue weighted by Crippen LogP contribution is -2.51. The normalized spacial score (nSPS) is 25.4. The minimum atomic E-state index is -0.415. The fraction of sp³-hybridized carbons (Fsp3) is 0.500. The highest BCUT2D eigenvalue weighted by molar-refractivity contribution is 5.93. The van der Waals surface area contributed by atoms with Gasteiger partial charge in [-0.05, 0) is 56.9 Å². The molecule has 1 amide bonds. The number of nitrogens with two attached hydrogens (primary N) is 1. The quantitative estimate of drug-likeness (QED) is 0.825. The molecule has 3 N–H and O–H groups in total. The third-order valence-corrected chi connectivity index (χ3v) is 5.46. The van der Waals surface area contributed by atoms with Gasteiger partial charge in [-0.1, -0.05) is 12.8 Å². The van der Waals surface area contributed by atoms with Gasteiger partial charge in [-0.15, -0.1) is 12.4 Å². The highest BCUT2D eigenvalue weighted by Crippen LogP contribution is 2.40. The van der Waals surface area contributed by atoms with Gasteiger partial charge in [0.15, 0.2) is 11.7 Å². The van der Waals surface area contributed by atoms with Crippen LogP contribution in [0.5, 0.6) is 0 Å². The number of aromatic nitrogens is 1. The molecule has 1 heterocycles. The molecular weight excluding hydrogens is 350 g/mol. The molecule has 1 aromatic heterocycles. The van der Waals surface area contributed by atoms with Crippen LogP contribution in [0.4, 0.5) is 5.69 Å². The largest absolute Gasteiger partial charge is 0.440 e. The van der Waals surface area contributed by atoms with Gasteiger partial charge in [0.05, 0.1) is 12.1 Å². The summed E-state index contributed by atoms with van der Waals surface area (Å²) in [5, 5.41) is 3.01. The van der Waals surface area contributed by atoms with Crippen molar-refractivity contribution in [3.63, 3.8) is 0 Å². The predicted molar refractivity (Wildman–Crippen MR) is 104 cm³/mol. The molecule has 2 aliphatic carbocycles. The van der Waals surface area contributed by atoms with Crippen LogP contribution in [0.1, 0.15) is 57.3 Å². The zero-order chi connectivity index (χ0) is 17.4. The maximum absolute atomic E-state index is 12.6. The number of hydrogen-bond donors (Lipinski definition) is 2. The summed E-state index contributed by atoms with van der Waals surface area (Å²) >= 11 is 0. The van der Waals surface area contributed by atoms with Crippen LogP contribution in [0.3, 0.4) is 0 Å². The van der Waals surface area contributed by atoms with E-state index in [1.807, 2.05) is 31.2 Å². The van der Waals surface area contributed by atoms with Gasteiger partial charge in [0, 0.05) is 22.7 Å². The van der Waals surface area contributed by atoms with Crippen molar-refractivity contribution >= 4 is 24.0 Å². The number of carbonyl (C=O) groups excluding carboxylic acids is 1. The van der Waals surface area contributed by atoms with Crippen LogP contribution in [-0.4, -0.2) is 16.4 Å². The molecule has 2 fully saturated rings. The van der Waals surface area contributed by atoms with E-state index in [1.54, 1.807) is 6.20 Å². The molecule has 1 aromatic carbocycles. The molecule has 2 aliphatic rings. The SMILES string of the molecule is CC1(N)CCCCC1C(=O)Nc1ccc(-c2cnc(C3CC3)o2)cc1.Cl. The lowest BCUT2D eigenvalue weighted by molar-refractivity contribution is -0.122. The van der Waals surface area contributed by atoms with Gasteiger partial charge in [-0.2, -0.15) is 0 Å². The smallest absolute Gasteiger partial charge is 0.229 e. The molecule has 0 saturated heterocycles. The van der Waals surface area contributed by atoms with Gasteiger partial charge in [-0.3, -0.25) is 4.79 Å². The zero-order valence-electron chi connectivity index (χ0n) is 15.0. The second kappa shape index (κ2) is 7.41. The average Bonchev–Trinajstić information content (AvgIpc) is 3.32. The van der Waals surface area contributed by atoms with E-state index in [1.165, 1.54) is 12.8 Å². The van der Waals surface area contributed by atoms with Gasteiger partial charge in [0.2, 0.25) is 5.91 Å². The topological polar surface area (TPSA) is 81.2 Å². The number of anilines is 1. The van der Waals surface area contributed by atoms with E-state index in [2.05, 4.69) is 10.3 Å². The van der Waals surface area contributed by atoms with Crippen molar-refractivity contribution in [2.75, 3.05) is 5.32 Å². The Balaban J connectivity index is 0.00000196. The van der Waals surface area contributed by atoms with Gasteiger partial charge in [0.1, 0.15) is 0 Å². The molecule has 0 radical (unpaired) electrons. The molecule has 0 aliphatic heterocycles. The molecule has 2 unspecified atom stereocenters. The number of oxazole rings is 1. The number of hydrogen-bond acceptors (Lipinski definition) is 4. The van der Waals surface area contributed by atoms with Crippen molar-refractivity contribution in [3.8, 4) is 11.3 Å². The van der Waals surface area contributed by atoms with Crippen molar-refractivity contribution in [1.82, 2.24) is 4.98 Å². The molecule has 2 atom stereocenters. The van der Waals surface area contributed by atoms with Crippen LogP contribution in [0.15, 0.2) is 34.9 Å². The van der Waals surface area contributed by atoms with Crippen molar-refractivity contribution in [2.24, 2.45) is 11.7 Å². The van der Waals surface area contributed by atoms with E-state index < -0.39 is 5.54 Å². The Kier molecular flexibility index (Phi) is 5.39. The Hall–Kier alpha value is -1.85. The lowest BCUT2D eigenvalue weighted by atomic mass is 9.74. The number of halogens is 1. The van der Waals surface area contributed by atoms with Crippen LogP contribution in [0.2, 0.25) is 0 Å². The van der Waals surface area contributed by atoms with Crippen LogP contribution >= 0.6 is 12.4 Å². The number of benzene rings is 1. The second-order valence-electron chi connectivity index (χ2n) is 7.71. The van der Waals surface area contributed by atoms with Crippen molar-refractivity contribution < 1.29 is 9.21 Å². The lowest BCUT2D eigenvalue weighted by Gasteiger charge is -2.37.